The molecule has 1 aliphatic heterocycles. The van der Waals surface area contributed by atoms with E-state index in [9.17, 15) is 0 Å². The van der Waals surface area contributed by atoms with E-state index in [-0.39, 0.29) is 0 Å². The Bertz CT molecular complexity index is 149. The molecule has 14 heavy (non-hydrogen) atoms. The van der Waals surface area contributed by atoms with Gasteiger partial charge < -0.3 is 4.74 Å². The summed E-state index contributed by atoms with van der Waals surface area (Å²) in [5.41, 5.74) is 0. The molecule has 1 rings (SSSR count). The Balaban J connectivity index is 2.15. The number of methoxy groups -OCH3 is 1. The van der Waals surface area contributed by atoms with Crippen molar-refractivity contribution < 1.29 is 4.74 Å². The summed E-state index contributed by atoms with van der Waals surface area (Å²) in [5, 5.41) is 1.08. The highest BCUT2D eigenvalue weighted by Gasteiger charge is 2.17. The molecule has 1 saturated heterocycles. The summed E-state index contributed by atoms with van der Waals surface area (Å²) >= 11 is 3.48. The molecule has 84 valence electrons. The second-order valence-electron chi connectivity index (χ2n) is 3.88. The van der Waals surface area contributed by atoms with Crippen molar-refractivity contribution in [1.29, 1.82) is 0 Å². The van der Waals surface area contributed by atoms with E-state index < -0.39 is 0 Å². The zero-order valence-electron chi connectivity index (χ0n) is 9.21. The Kier molecular flexibility index (Phi) is 6.01. The maximum absolute atomic E-state index is 5.26. The van der Waals surface area contributed by atoms with Crippen LogP contribution >= 0.6 is 15.9 Å². The highest BCUT2D eigenvalue weighted by atomic mass is 79.9. The minimum Gasteiger partial charge on any atom is -0.380 e. The lowest BCUT2D eigenvalue weighted by molar-refractivity contribution is 0.0539. The summed E-state index contributed by atoms with van der Waals surface area (Å²) in [6.45, 7) is 9.13. The van der Waals surface area contributed by atoms with Crippen molar-refractivity contribution >= 4 is 15.9 Å². The van der Waals surface area contributed by atoms with E-state index >= 15 is 0 Å². The van der Waals surface area contributed by atoms with Gasteiger partial charge in [-0.25, -0.2) is 0 Å². The summed E-state index contributed by atoms with van der Waals surface area (Å²) in [7, 11) is 1.78. The Morgan fingerprint density at radius 3 is 2.29 bits per heavy atom. The average Bonchev–Trinajstić information content (AvgIpc) is 2.21. The summed E-state index contributed by atoms with van der Waals surface area (Å²) in [6, 6.07) is 0. The van der Waals surface area contributed by atoms with E-state index in [1.807, 2.05) is 0 Å². The van der Waals surface area contributed by atoms with E-state index in [2.05, 4.69) is 32.7 Å². The molecule has 1 unspecified atom stereocenters. The Hall–Kier alpha value is 0.360. The molecule has 0 aromatic heterocycles. The van der Waals surface area contributed by atoms with E-state index in [4.69, 9.17) is 4.74 Å². The fraction of sp³-hybridized carbons (Fsp3) is 1.00. The molecule has 1 atom stereocenters. The Morgan fingerprint density at radius 1 is 1.21 bits per heavy atom. The van der Waals surface area contributed by atoms with Crippen LogP contribution in [0.4, 0.5) is 0 Å². The molecule has 0 aliphatic carbocycles. The van der Waals surface area contributed by atoms with E-state index in [1.54, 1.807) is 7.11 Å². The summed E-state index contributed by atoms with van der Waals surface area (Å²) in [6.07, 6.45) is 0.359. The third-order valence-corrected chi connectivity index (χ3v) is 3.14. The van der Waals surface area contributed by atoms with Gasteiger partial charge in [0.05, 0.1) is 6.10 Å². The first-order chi connectivity index (χ1) is 6.76. The van der Waals surface area contributed by atoms with Crippen LogP contribution < -0.4 is 0 Å². The van der Waals surface area contributed by atoms with Gasteiger partial charge in [0.25, 0.3) is 0 Å². The van der Waals surface area contributed by atoms with Gasteiger partial charge in [-0.2, -0.15) is 0 Å². The van der Waals surface area contributed by atoms with E-state index in [1.165, 1.54) is 32.7 Å². The van der Waals surface area contributed by atoms with Gasteiger partial charge >= 0.3 is 0 Å². The van der Waals surface area contributed by atoms with Crippen molar-refractivity contribution in [2.45, 2.75) is 13.0 Å². The molecule has 0 N–H and O–H groups in total. The van der Waals surface area contributed by atoms with Crippen molar-refractivity contribution in [2.24, 2.45) is 0 Å². The van der Waals surface area contributed by atoms with Crippen LogP contribution in [0.3, 0.4) is 0 Å². The largest absolute Gasteiger partial charge is 0.380 e. The number of nitrogens with zero attached hydrogens (tertiary/aromatic N) is 2. The van der Waals surface area contributed by atoms with Gasteiger partial charge in [0.1, 0.15) is 0 Å². The highest BCUT2D eigenvalue weighted by molar-refractivity contribution is 9.09. The van der Waals surface area contributed by atoms with Crippen LogP contribution in [0.15, 0.2) is 0 Å². The summed E-state index contributed by atoms with van der Waals surface area (Å²) < 4.78 is 5.26. The monoisotopic (exact) mass is 264 g/mol. The smallest absolute Gasteiger partial charge is 0.0670 e. The third-order valence-electron chi connectivity index (χ3n) is 2.78. The van der Waals surface area contributed by atoms with Crippen LogP contribution in [-0.4, -0.2) is 67.6 Å². The lowest BCUT2D eigenvalue weighted by Gasteiger charge is -2.35. The predicted molar refractivity (Wildman–Crippen MR) is 63.1 cm³/mol. The molecule has 0 radical (unpaired) electrons. The summed E-state index contributed by atoms with van der Waals surface area (Å²) in [5.74, 6) is 0. The van der Waals surface area contributed by atoms with Crippen molar-refractivity contribution in [2.75, 3.05) is 51.7 Å². The van der Waals surface area contributed by atoms with Crippen molar-refractivity contribution in [3.8, 4) is 0 Å². The van der Waals surface area contributed by atoms with Crippen LogP contribution in [-0.2, 0) is 4.74 Å². The van der Waals surface area contributed by atoms with Gasteiger partial charge in [-0.05, 0) is 6.92 Å². The molecule has 1 heterocycles. The molecular weight excluding hydrogens is 244 g/mol. The number of hydrogen-bond donors (Lipinski definition) is 0. The van der Waals surface area contributed by atoms with Crippen LogP contribution in [0.1, 0.15) is 6.92 Å². The molecule has 0 amide bonds. The number of piperazine rings is 1. The van der Waals surface area contributed by atoms with Crippen molar-refractivity contribution in [3.63, 3.8) is 0 Å². The minimum absolute atomic E-state index is 0.359. The molecule has 0 spiro atoms. The molecule has 4 heteroatoms. The van der Waals surface area contributed by atoms with Gasteiger partial charge in [-0.1, -0.05) is 15.9 Å². The molecule has 0 aromatic carbocycles. The Labute approximate surface area is 95.5 Å². The van der Waals surface area contributed by atoms with Crippen LogP contribution in [0.25, 0.3) is 0 Å². The zero-order chi connectivity index (χ0) is 10.4. The zero-order valence-corrected chi connectivity index (χ0v) is 10.8. The maximum atomic E-state index is 5.26. The quantitative estimate of drug-likeness (QED) is 0.691. The molecule has 1 fully saturated rings. The van der Waals surface area contributed by atoms with Crippen LogP contribution in [0, 0.1) is 0 Å². The molecule has 0 aromatic rings. The standard InChI is InChI=1S/C10H21BrN2O/c1-10(14-2)9-13-7-5-12(4-3-11)6-8-13/h10H,3-9H2,1-2H3. The van der Waals surface area contributed by atoms with Gasteiger partial charge in [0, 0.05) is 51.7 Å². The molecular formula is C10H21BrN2O. The van der Waals surface area contributed by atoms with Gasteiger partial charge in [0.2, 0.25) is 0 Å². The first-order valence-corrected chi connectivity index (χ1v) is 6.42. The number of hydrogen-bond acceptors (Lipinski definition) is 3. The molecule has 0 bridgehead atoms. The number of halogens is 1. The number of alkyl halides is 1. The molecule has 3 nitrogen and oxygen atoms in total. The van der Waals surface area contributed by atoms with Crippen LogP contribution in [0.2, 0.25) is 0 Å². The Morgan fingerprint density at radius 2 is 1.79 bits per heavy atom. The van der Waals surface area contributed by atoms with Gasteiger partial charge in [0.15, 0.2) is 0 Å². The molecule has 1 aliphatic rings. The second kappa shape index (κ2) is 6.77. The topological polar surface area (TPSA) is 15.7 Å². The van der Waals surface area contributed by atoms with Crippen molar-refractivity contribution in [1.82, 2.24) is 9.80 Å². The fourth-order valence-electron chi connectivity index (χ4n) is 1.75. The predicted octanol–water partition coefficient (Wildman–Crippen LogP) is 1.03. The summed E-state index contributed by atoms with van der Waals surface area (Å²) in [4.78, 5) is 4.99. The van der Waals surface area contributed by atoms with Crippen molar-refractivity contribution in [3.05, 3.63) is 0 Å². The first-order valence-electron chi connectivity index (χ1n) is 5.29. The third kappa shape index (κ3) is 4.26. The van der Waals surface area contributed by atoms with Gasteiger partial charge in [-0.3, -0.25) is 9.80 Å². The van der Waals surface area contributed by atoms with E-state index in [0.29, 0.717) is 6.10 Å². The number of rotatable bonds is 5. The van der Waals surface area contributed by atoms with E-state index in [0.717, 1.165) is 11.9 Å². The SMILES string of the molecule is COC(C)CN1CCN(CCBr)CC1. The first kappa shape index (κ1) is 12.4. The second-order valence-corrected chi connectivity index (χ2v) is 4.67. The van der Waals surface area contributed by atoms with Crippen LogP contribution in [0.5, 0.6) is 0 Å². The molecule has 0 saturated carbocycles. The fourth-order valence-corrected chi connectivity index (χ4v) is 2.25. The normalized spacial score (nSPS) is 22.5. The van der Waals surface area contributed by atoms with Gasteiger partial charge in [-0.15, -0.1) is 0 Å². The average molecular weight is 265 g/mol. The maximum Gasteiger partial charge on any atom is 0.0670 e. The highest BCUT2D eigenvalue weighted by Crippen LogP contribution is 2.03. The minimum atomic E-state index is 0.359. The lowest BCUT2D eigenvalue weighted by Crippen LogP contribution is -2.48. The lowest BCUT2D eigenvalue weighted by atomic mass is 10.3. The number of ether oxygens (including phenoxy) is 1.